The van der Waals surface area contributed by atoms with E-state index in [1.165, 1.54) is 32.8 Å². The van der Waals surface area contributed by atoms with E-state index in [2.05, 4.69) is 11.8 Å². The minimum absolute atomic E-state index is 0.234. The fourth-order valence-electron chi connectivity index (χ4n) is 2.83. The van der Waals surface area contributed by atoms with Gasteiger partial charge in [-0.05, 0) is 32.1 Å². The van der Waals surface area contributed by atoms with E-state index in [4.69, 9.17) is 10.5 Å². The maximum atomic E-state index is 11.6. The van der Waals surface area contributed by atoms with Crippen molar-refractivity contribution in [3.05, 3.63) is 0 Å². The monoisotopic (exact) mass is 243 g/mol. The van der Waals surface area contributed by atoms with E-state index in [0.717, 1.165) is 24.5 Å². The highest BCUT2D eigenvalue weighted by Crippen LogP contribution is 2.41. The molecule has 3 nitrogen and oxygen atoms in total. The summed E-state index contributed by atoms with van der Waals surface area (Å²) >= 11 is 2.06. The highest BCUT2D eigenvalue weighted by Gasteiger charge is 2.43. The molecule has 2 atom stereocenters. The molecule has 4 heteroatoms. The summed E-state index contributed by atoms with van der Waals surface area (Å²) in [5.74, 6) is -0.234. The van der Waals surface area contributed by atoms with Crippen LogP contribution in [0, 0.1) is 0 Å². The fourth-order valence-corrected chi connectivity index (χ4v) is 4.63. The molecule has 2 rings (SSSR count). The Kier molecular flexibility index (Phi) is 3.80. The third kappa shape index (κ3) is 2.54. The van der Waals surface area contributed by atoms with Crippen molar-refractivity contribution in [2.24, 2.45) is 5.73 Å². The summed E-state index contributed by atoms with van der Waals surface area (Å²) in [5, 5.41) is 1.37. The Morgan fingerprint density at radius 2 is 2.00 bits per heavy atom. The van der Waals surface area contributed by atoms with Crippen LogP contribution in [0.1, 0.15) is 44.9 Å². The van der Waals surface area contributed by atoms with Crippen LogP contribution in [0.3, 0.4) is 0 Å². The molecule has 0 aromatic carbocycles. The Morgan fingerprint density at radius 3 is 2.62 bits per heavy atom. The second kappa shape index (κ2) is 4.96. The molecule has 92 valence electrons. The van der Waals surface area contributed by atoms with Crippen LogP contribution in [0.5, 0.6) is 0 Å². The fraction of sp³-hybridized carbons (Fsp3) is 0.917. The lowest BCUT2D eigenvalue weighted by molar-refractivity contribution is -0.146. The summed E-state index contributed by atoms with van der Waals surface area (Å²) in [4.78, 5) is 11.6. The van der Waals surface area contributed by atoms with E-state index in [-0.39, 0.29) is 5.97 Å². The van der Waals surface area contributed by atoms with Crippen LogP contribution in [-0.2, 0) is 9.53 Å². The van der Waals surface area contributed by atoms with Crippen molar-refractivity contribution in [2.75, 3.05) is 7.11 Å². The maximum absolute atomic E-state index is 11.6. The molecule has 2 unspecified atom stereocenters. The van der Waals surface area contributed by atoms with E-state index in [1.807, 2.05) is 0 Å². The molecule has 0 heterocycles. The molecule has 2 N–H and O–H groups in total. The number of carbonyl (C=O) groups is 1. The first-order valence-corrected chi connectivity index (χ1v) is 7.11. The largest absolute Gasteiger partial charge is 0.468 e. The van der Waals surface area contributed by atoms with Crippen molar-refractivity contribution in [2.45, 2.75) is 61.0 Å². The SMILES string of the molecule is COC(=O)C1(N)CCC(SC2CCCC2)C1. The molecule has 2 fully saturated rings. The van der Waals surface area contributed by atoms with Gasteiger partial charge in [0.1, 0.15) is 5.54 Å². The van der Waals surface area contributed by atoms with Gasteiger partial charge in [-0.2, -0.15) is 11.8 Å². The molecule has 2 aliphatic carbocycles. The maximum Gasteiger partial charge on any atom is 0.325 e. The lowest BCUT2D eigenvalue weighted by Crippen LogP contribution is -2.46. The Morgan fingerprint density at radius 1 is 1.31 bits per heavy atom. The van der Waals surface area contributed by atoms with Gasteiger partial charge in [0.05, 0.1) is 7.11 Å². The normalized spacial score (nSPS) is 35.5. The van der Waals surface area contributed by atoms with Gasteiger partial charge in [-0.3, -0.25) is 4.79 Å². The molecule has 0 saturated heterocycles. The first kappa shape index (κ1) is 12.2. The number of carbonyl (C=O) groups excluding carboxylic acids is 1. The molecule has 0 aromatic rings. The standard InChI is InChI=1S/C12H21NO2S/c1-15-11(14)12(13)7-6-10(8-12)16-9-4-2-3-5-9/h9-10H,2-8,13H2,1H3. The topological polar surface area (TPSA) is 52.3 Å². The van der Waals surface area contributed by atoms with Crippen molar-refractivity contribution in [1.29, 1.82) is 0 Å². The van der Waals surface area contributed by atoms with Crippen LogP contribution in [0.4, 0.5) is 0 Å². The summed E-state index contributed by atoms with van der Waals surface area (Å²) in [6, 6.07) is 0. The summed E-state index contributed by atoms with van der Waals surface area (Å²) in [6.45, 7) is 0. The summed E-state index contributed by atoms with van der Waals surface area (Å²) in [6.07, 6.45) is 8.07. The van der Waals surface area contributed by atoms with Gasteiger partial charge >= 0.3 is 5.97 Å². The van der Waals surface area contributed by atoms with Gasteiger partial charge in [0.2, 0.25) is 0 Å². The van der Waals surface area contributed by atoms with Crippen LogP contribution in [0.25, 0.3) is 0 Å². The third-order valence-corrected chi connectivity index (χ3v) is 5.43. The van der Waals surface area contributed by atoms with E-state index in [1.54, 1.807) is 0 Å². The molecule has 0 amide bonds. The molecular formula is C12H21NO2S. The second-order valence-corrected chi connectivity index (χ2v) is 6.66. The summed E-state index contributed by atoms with van der Waals surface area (Å²) in [7, 11) is 1.42. The van der Waals surface area contributed by atoms with Gasteiger partial charge in [-0.1, -0.05) is 12.8 Å². The molecular weight excluding hydrogens is 222 g/mol. The first-order valence-electron chi connectivity index (χ1n) is 6.17. The van der Waals surface area contributed by atoms with Gasteiger partial charge in [0.25, 0.3) is 0 Å². The average Bonchev–Trinajstić information content (AvgIpc) is 2.89. The number of rotatable bonds is 3. The zero-order chi connectivity index (χ0) is 11.6. The zero-order valence-corrected chi connectivity index (χ0v) is 10.7. The van der Waals surface area contributed by atoms with E-state index < -0.39 is 5.54 Å². The van der Waals surface area contributed by atoms with E-state index in [9.17, 15) is 4.79 Å². The van der Waals surface area contributed by atoms with Crippen molar-refractivity contribution in [3.63, 3.8) is 0 Å². The quantitative estimate of drug-likeness (QED) is 0.771. The Labute approximate surface area is 101 Å². The van der Waals surface area contributed by atoms with Crippen LogP contribution < -0.4 is 5.73 Å². The highest BCUT2D eigenvalue weighted by molar-refractivity contribution is 8.00. The minimum atomic E-state index is -0.703. The van der Waals surface area contributed by atoms with Gasteiger partial charge in [0.15, 0.2) is 0 Å². The number of nitrogens with two attached hydrogens (primary N) is 1. The number of esters is 1. The molecule has 2 saturated carbocycles. The van der Waals surface area contributed by atoms with Gasteiger partial charge < -0.3 is 10.5 Å². The smallest absolute Gasteiger partial charge is 0.325 e. The molecule has 0 radical (unpaired) electrons. The van der Waals surface area contributed by atoms with Crippen LogP contribution in [0.2, 0.25) is 0 Å². The Balaban J connectivity index is 1.84. The molecule has 0 aromatic heterocycles. The number of hydrogen-bond donors (Lipinski definition) is 1. The zero-order valence-electron chi connectivity index (χ0n) is 9.91. The number of ether oxygens (including phenoxy) is 1. The average molecular weight is 243 g/mol. The van der Waals surface area contributed by atoms with Crippen molar-refractivity contribution in [3.8, 4) is 0 Å². The first-order chi connectivity index (χ1) is 7.64. The van der Waals surface area contributed by atoms with Gasteiger partial charge in [-0.15, -0.1) is 0 Å². The third-order valence-electron chi connectivity index (χ3n) is 3.78. The Hall–Kier alpha value is -0.220. The van der Waals surface area contributed by atoms with Crippen molar-refractivity contribution in [1.82, 2.24) is 0 Å². The van der Waals surface area contributed by atoms with Crippen LogP contribution >= 0.6 is 11.8 Å². The lowest BCUT2D eigenvalue weighted by atomic mass is 10.00. The minimum Gasteiger partial charge on any atom is -0.468 e. The van der Waals surface area contributed by atoms with Crippen LogP contribution in [-0.4, -0.2) is 29.1 Å². The van der Waals surface area contributed by atoms with E-state index in [0.29, 0.717) is 5.25 Å². The molecule has 0 bridgehead atoms. The number of methoxy groups -OCH3 is 1. The van der Waals surface area contributed by atoms with Gasteiger partial charge in [-0.25, -0.2) is 0 Å². The van der Waals surface area contributed by atoms with Crippen molar-refractivity contribution >= 4 is 17.7 Å². The van der Waals surface area contributed by atoms with Gasteiger partial charge in [0, 0.05) is 10.5 Å². The molecule has 2 aliphatic rings. The lowest BCUT2D eigenvalue weighted by Gasteiger charge is -2.21. The van der Waals surface area contributed by atoms with E-state index >= 15 is 0 Å². The number of thioether (sulfide) groups is 1. The van der Waals surface area contributed by atoms with Crippen LogP contribution in [0.15, 0.2) is 0 Å². The summed E-state index contributed by atoms with van der Waals surface area (Å²) in [5.41, 5.74) is 5.39. The van der Waals surface area contributed by atoms with Crippen molar-refractivity contribution < 1.29 is 9.53 Å². The Bertz CT molecular complexity index is 266. The predicted molar refractivity (Wildman–Crippen MR) is 66.4 cm³/mol. The number of hydrogen-bond acceptors (Lipinski definition) is 4. The molecule has 16 heavy (non-hydrogen) atoms. The summed E-state index contributed by atoms with van der Waals surface area (Å²) < 4.78 is 4.78. The second-order valence-electron chi connectivity index (χ2n) is 5.06. The molecule has 0 spiro atoms. The highest BCUT2D eigenvalue weighted by atomic mass is 32.2. The predicted octanol–water partition coefficient (Wildman–Crippen LogP) is 2.09. The molecule has 0 aliphatic heterocycles.